The number of nitrogens with zero attached hydrogens (tertiary/aromatic N) is 3. The summed E-state index contributed by atoms with van der Waals surface area (Å²) in [5, 5.41) is 11.0. The van der Waals surface area contributed by atoms with E-state index in [0.29, 0.717) is 0 Å². The molecular formula is C23H31N3O2. The molecule has 0 aliphatic carbocycles. The summed E-state index contributed by atoms with van der Waals surface area (Å²) in [6.07, 6.45) is 6.21. The Labute approximate surface area is 168 Å². The summed E-state index contributed by atoms with van der Waals surface area (Å²) in [4.78, 5) is 9.09. The first-order valence-electron chi connectivity index (χ1n) is 10.5. The quantitative estimate of drug-likeness (QED) is 0.862. The van der Waals surface area contributed by atoms with Gasteiger partial charge in [-0.25, -0.2) is 0 Å². The van der Waals surface area contributed by atoms with Crippen molar-refractivity contribution in [1.29, 1.82) is 0 Å². The molecule has 1 aromatic heterocycles. The summed E-state index contributed by atoms with van der Waals surface area (Å²) in [5.41, 5.74) is 2.82. The van der Waals surface area contributed by atoms with Crippen molar-refractivity contribution in [2.24, 2.45) is 0 Å². The minimum atomic E-state index is -0.743. The fourth-order valence-corrected chi connectivity index (χ4v) is 4.37. The molecule has 0 atom stereocenters. The van der Waals surface area contributed by atoms with Crippen LogP contribution in [-0.2, 0) is 18.7 Å². The topological polar surface area (TPSA) is 48.8 Å². The van der Waals surface area contributed by atoms with Crippen LogP contribution in [0.1, 0.15) is 42.9 Å². The summed E-state index contributed by atoms with van der Waals surface area (Å²) in [7, 11) is 0. The molecule has 0 spiro atoms. The maximum atomic E-state index is 11.0. The lowest BCUT2D eigenvalue weighted by atomic mass is 9.85. The Morgan fingerprint density at radius 3 is 2.75 bits per heavy atom. The van der Waals surface area contributed by atoms with E-state index in [1.54, 1.807) is 12.4 Å². The van der Waals surface area contributed by atoms with Crippen molar-refractivity contribution in [1.82, 2.24) is 14.8 Å². The molecule has 1 saturated heterocycles. The Bertz CT molecular complexity index is 773. The van der Waals surface area contributed by atoms with Gasteiger partial charge in [-0.2, -0.15) is 0 Å². The summed E-state index contributed by atoms with van der Waals surface area (Å²) in [6, 6.07) is 10.5. The van der Waals surface area contributed by atoms with Crippen LogP contribution in [0.25, 0.3) is 0 Å². The fourth-order valence-electron chi connectivity index (χ4n) is 4.37. The second-order valence-electron chi connectivity index (χ2n) is 8.12. The number of hydrogen-bond donors (Lipinski definition) is 1. The Morgan fingerprint density at radius 1 is 1.14 bits per heavy atom. The normalized spacial score (nSPS) is 20.2. The van der Waals surface area contributed by atoms with Crippen LogP contribution in [0.5, 0.6) is 5.75 Å². The van der Waals surface area contributed by atoms with E-state index >= 15 is 0 Å². The van der Waals surface area contributed by atoms with Crippen LogP contribution in [0.3, 0.4) is 0 Å². The predicted octanol–water partition coefficient (Wildman–Crippen LogP) is 3.17. The van der Waals surface area contributed by atoms with Gasteiger partial charge in [0, 0.05) is 56.2 Å². The van der Waals surface area contributed by atoms with Gasteiger partial charge in [0.15, 0.2) is 0 Å². The van der Waals surface area contributed by atoms with Gasteiger partial charge in [0.1, 0.15) is 12.4 Å². The van der Waals surface area contributed by atoms with Gasteiger partial charge < -0.3 is 9.84 Å². The number of likely N-dealkylation sites (tertiary alicyclic amines) is 1. The van der Waals surface area contributed by atoms with Crippen LogP contribution < -0.4 is 4.74 Å². The molecule has 1 fully saturated rings. The summed E-state index contributed by atoms with van der Waals surface area (Å²) in [5.74, 6) is 1.03. The number of aromatic nitrogens is 1. The molecule has 0 radical (unpaired) electrons. The van der Waals surface area contributed by atoms with E-state index in [1.165, 1.54) is 17.5 Å². The van der Waals surface area contributed by atoms with Crippen LogP contribution in [0.2, 0.25) is 0 Å². The van der Waals surface area contributed by atoms with Gasteiger partial charge in [-0.1, -0.05) is 19.1 Å². The first-order chi connectivity index (χ1) is 13.7. The number of pyridine rings is 1. The second-order valence-corrected chi connectivity index (χ2v) is 8.12. The van der Waals surface area contributed by atoms with Gasteiger partial charge in [0.05, 0.1) is 5.60 Å². The molecule has 150 valence electrons. The van der Waals surface area contributed by atoms with Gasteiger partial charge in [-0.3, -0.25) is 14.8 Å². The molecule has 3 heterocycles. The molecule has 1 aromatic carbocycles. The molecular weight excluding hydrogens is 350 g/mol. The maximum absolute atomic E-state index is 11.0. The average molecular weight is 382 g/mol. The smallest absolute Gasteiger partial charge is 0.123 e. The van der Waals surface area contributed by atoms with Gasteiger partial charge in [-0.05, 0) is 49.6 Å². The van der Waals surface area contributed by atoms with Crippen molar-refractivity contribution in [3.8, 4) is 5.75 Å². The van der Waals surface area contributed by atoms with Gasteiger partial charge >= 0.3 is 0 Å². The summed E-state index contributed by atoms with van der Waals surface area (Å²) >= 11 is 0. The molecule has 2 aliphatic heterocycles. The highest BCUT2D eigenvalue weighted by Gasteiger charge is 2.34. The van der Waals surface area contributed by atoms with E-state index in [0.717, 1.165) is 70.0 Å². The van der Waals surface area contributed by atoms with E-state index in [2.05, 4.69) is 39.9 Å². The first-order valence-corrected chi connectivity index (χ1v) is 10.5. The number of rotatable bonds is 5. The Kier molecular flexibility index (Phi) is 5.95. The Balaban J connectivity index is 1.39. The molecule has 0 bridgehead atoms. The number of fused-ring (bicyclic) bond motifs is 1. The highest BCUT2D eigenvalue weighted by atomic mass is 16.5. The highest BCUT2D eigenvalue weighted by molar-refractivity contribution is 5.38. The first kappa shape index (κ1) is 19.4. The lowest BCUT2D eigenvalue weighted by Crippen LogP contribution is -2.42. The zero-order chi connectivity index (χ0) is 19.4. The van der Waals surface area contributed by atoms with E-state index in [9.17, 15) is 5.11 Å². The maximum Gasteiger partial charge on any atom is 0.123 e. The van der Waals surface area contributed by atoms with Crippen LogP contribution in [-0.4, -0.2) is 52.7 Å². The molecule has 2 aromatic rings. The predicted molar refractivity (Wildman–Crippen MR) is 110 cm³/mol. The minimum Gasteiger partial charge on any atom is -0.492 e. The zero-order valence-electron chi connectivity index (χ0n) is 16.8. The molecule has 4 rings (SSSR count). The lowest BCUT2D eigenvalue weighted by molar-refractivity contribution is -0.0279. The van der Waals surface area contributed by atoms with Crippen LogP contribution in [0.4, 0.5) is 0 Å². The van der Waals surface area contributed by atoms with E-state index in [-0.39, 0.29) is 0 Å². The van der Waals surface area contributed by atoms with Gasteiger partial charge in [-0.15, -0.1) is 0 Å². The zero-order valence-corrected chi connectivity index (χ0v) is 16.8. The third kappa shape index (κ3) is 4.37. The number of piperidine rings is 1. The van der Waals surface area contributed by atoms with Crippen molar-refractivity contribution >= 4 is 0 Å². The number of aliphatic hydroxyl groups is 1. The third-order valence-corrected chi connectivity index (χ3v) is 6.01. The van der Waals surface area contributed by atoms with Crippen molar-refractivity contribution in [2.45, 2.75) is 44.9 Å². The Hall–Kier alpha value is -1.95. The fraction of sp³-hybridized carbons (Fsp3) is 0.522. The highest BCUT2D eigenvalue weighted by Crippen LogP contribution is 2.33. The van der Waals surface area contributed by atoms with Crippen molar-refractivity contribution in [2.75, 3.05) is 32.8 Å². The molecule has 5 heteroatoms. The van der Waals surface area contributed by atoms with E-state index in [1.807, 2.05) is 12.1 Å². The number of ether oxygens (including phenoxy) is 1. The summed E-state index contributed by atoms with van der Waals surface area (Å²) < 4.78 is 5.95. The van der Waals surface area contributed by atoms with Crippen molar-refractivity contribution < 1.29 is 9.84 Å². The molecule has 2 aliphatic rings. The SMILES string of the molecule is CCCN1CCOc2ccc(CN3CCC(O)(c4cccnc4)CC3)cc2C1. The molecule has 0 amide bonds. The van der Waals surface area contributed by atoms with E-state index < -0.39 is 5.60 Å². The lowest BCUT2D eigenvalue weighted by Gasteiger charge is -2.38. The van der Waals surface area contributed by atoms with Crippen molar-refractivity contribution in [3.63, 3.8) is 0 Å². The van der Waals surface area contributed by atoms with Crippen LogP contribution >= 0.6 is 0 Å². The van der Waals surface area contributed by atoms with Gasteiger partial charge in [0.25, 0.3) is 0 Å². The van der Waals surface area contributed by atoms with Crippen LogP contribution in [0, 0.1) is 0 Å². The van der Waals surface area contributed by atoms with Gasteiger partial charge in [0.2, 0.25) is 0 Å². The standard InChI is InChI=1S/C23H31N3O2/c1-2-10-25-13-14-28-22-6-5-19(15-20(22)18-25)17-26-11-7-23(27,8-12-26)21-4-3-9-24-16-21/h3-6,9,15-16,27H,2,7-8,10-14,17-18H2,1H3. The number of hydrogen-bond acceptors (Lipinski definition) is 5. The molecule has 28 heavy (non-hydrogen) atoms. The molecule has 1 N–H and O–H groups in total. The summed E-state index contributed by atoms with van der Waals surface area (Å²) in [6.45, 7) is 8.78. The number of benzene rings is 1. The van der Waals surface area contributed by atoms with Crippen molar-refractivity contribution in [3.05, 3.63) is 59.4 Å². The molecule has 5 nitrogen and oxygen atoms in total. The monoisotopic (exact) mass is 381 g/mol. The molecule has 0 unspecified atom stereocenters. The third-order valence-electron chi connectivity index (χ3n) is 6.01. The van der Waals surface area contributed by atoms with E-state index in [4.69, 9.17) is 4.74 Å². The molecule has 0 saturated carbocycles. The second kappa shape index (κ2) is 8.60. The average Bonchev–Trinajstić information content (AvgIpc) is 2.92. The minimum absolute atomic E-state index is 0.743. The Morgan fingerprint density at radius 2 is 2.00 bits per heavy atom. The largest absolute Gasteiger partial charge is 0.492 e. The van der Waals surface area contributed by atoms with Crippen LogP contribution in [0.15, 0.2) is 42.7 Å².